The molecule has 0 radical (unpaired) electrons. The third kappa shape index (κ3) is 1.61. The molecule has 5 nitrogen and oxygen atoms in total. The number of nitrogens with zero attached hydrogens (tertiary/aromatic N) is 4. The summed E-state index contributed by atoms with van der Waals surface area (Å²) in [5.41, 5.74) is 1.52. The maximum Gasteiger partial charge on any atom is 0.165 e. The van der Waals surface area contributed by atoms with Crippen LogP contribution in [-0.4, -0.2) is 31.2 Å². The summed E-state index contributed by atoms with van der Waals surface area (Å²) >= 11 is 6.04. The fourth-order valence-electron chi connectivity index (χ4n) is 3.99. The molecule has 4 rings (SSSR count). The Morgan fingerprint density at radius 1 is 1.21 bits per heavy atom. The second-order valence-electron chi connectivity index (χ2n) is 5.73. The highest BCUT2D eigenvalue weighted by atomic mass is 35.5. The van der Waals surface area contributed by atoms with Crippen molar-refractivity contribution in [3.8, 4) is 0 Å². The zero-order chi connectivity index (χ0) is 13.0. The van der Waals surface area contributed by atoms with Gasteiger partial charge in [0.25, 0.3) is 0 Å². The molecule has 0 unspecified atom stereocenters. The van der Waals surface area contributed by atoms with Gasteiger partial charge in [0, 0.05) is 12.6 Å². The minimum atomic E-state index is 0.326. The Labute approximate surface area is 115 Å². The number of rotatable bonds is 2. The molecular formula is C13H15ClN4O. The van der Waals surface area contributed by atoms with Crippen molar-refractivity contribution >= 4 is 22.8 Å². The van der Waals surface area contributed by atoms with Crippen LogP contribution in [0, 0.1) is 17.8 Å². The van der Waals surface area contributed by atoms with E-state index in [2.05, 4.69) is 19.5 Å². The van der Waals surface area contributed by atoms with Crippen LogP contribution in [0.1, 0.15) is 25.3 Å². The van der Waals surface area contributed by atoms with Gasteiger partial charge in [0.15, 0.2) is 10.8 Å². The molecule has 0 aromatic carbocycles. The van der Waals surface area contributed by atoms with Gasteiger partial charge in [-0.3, -0.25) is 0 Å². The van der Waals surface area contributed by atoms with E-state index in [-0.39, 0.29) is 0 Å². The van der Waals surface area contributed by atoms with Crippen LogP contribution in [-0.2, 0) is 0 Å². The number of hydrogen-bond acceptors (Lipinski definition) is 4. The molecule has 2 aliphatic carbocycles. The van der Waals surface area contributed by atoms with Crippen LogP contribution in [0.3, 0.4) is 0 Å². The van der Waals surface area contributed by atoms with Crippen molar-refractivity contribution in [2.75, 3.05) is 6.61 Å². The third-order valence-corrected chi connectivity index (χ3v) is 5.15. The number of hydrogen-bond donors (Lipinski definition) is 1. The second-order valence-corrected chi connectivity index (χ2v) is 6.08. The maximum absolute atomic E-state index is 9.36. The molecule has 0 amide bonds. The molecule has 2 bridgehead atoms. The molecule has 6 heteroatoms. The molecule has 2 aromatic heterocycles. The number of fused-ring (bicyclic) bond motifs is 3. The van der Waals surface area contributed by atoms with Crippen LogP contribution in [0.25, 0.3) is 11.2 Å². The van der Waals surface area contributed by atoms with Gasteiger partial charge in [-0.2, -0.15) is 0 Å². The Morgan fingerprint density at radius 3 is 2.84 bits per heavy atom. The van der Waals surface area contributed by atoms with Crippen molar-refractivity contribution in [3.63, 3.8) is 0 Å². The standard InChI is InChI=1S/C13H15ClN4O/c14-12-11-13(16-5-15-12)18(6-17-11)10-3-7-1-8(10)2-9(7)4-19/h5-10,19H,1-4H2/t7-,8-,9-,10+/m1/s1. The molecule has 4 atom stereocenters. The van der Waals surface area contributed by atoms with E-state index >= 15 is 0 Å². The van der Waals surface area contributed by atoms with Crippen LogP contribution in [0.2, 0.25) is 5.15 Å². The van der Waals surface area contributed by atoms with Gasteiger partial charge >= 0.3 is 0 Å². The molecule has 2 fully saturated rings. The first kappa shape index (κ1) is 11.6. The summed E-state index contributed by atoms with van der Waals surface area (Å²) in [7, 11) is 0. The summed E-state index contributed by atoms with van der Waals surface area (Å²) in [6, 6.07) is 0.448. The third-order valence-electron chi connectivity index (χ3n) is 4.87. The molecule has 19 heavy (non-hydrogen) atoms. The predicted octanol–water partition coefficient (Wildman–Crippen LogP) is 2.06. The zero-order valence-corrected chi connectivity index (χ0v) is 11.2. The smallest absolute Gasteiger partial charge is 0.165 e. The van der Waals surface area contributed by atoms with Gasteiger partial charge in [-0.05, 0) is 37.0 Å². The van der Waals surface area contributed by atoms with Crippen LogP contribution >= 0.6 is 11.6 Å². The summed E-state index contributed by atoms with van der Waals surface area (Å²) in [4.78, 5) is 12.6. The Balaban J connectivity index is 1.72. The van der Waals surface area contributed by atoms with E-state index in [1.165, 1.54) is 12.7 Å². The summed E-state index contributed by atoms with van der Waals surface area (Å²) in [5.74, 6) is 1.78. The Morgan fingerprint density at radius 2 is 2.11 bits per heavy atom. The van der Waals surface area contributed by atoms with Crippen molar-refractivity contribution in [3.05, 3.63) is 17.8 Å². The first-order valence-corrected chi connectivity index (χ1v) is 7.09. The molecule has 2 aliphatic rings. The van der Waals surface area contributed by atoms with Gasteiger partial charge in [-0.1, -0.05) is 11.6 Å². The van der Waals surface area contributed by atoms with Gasteiger partial charge in [0.05, 0.1) is 6.33 Å². The van der Waals surface area contributed by atoms with Crippen molar-refractivity contribution in [2.24, 2.45) is 17.8 Å². The largest absolute Gasteiger partial charge is 0.396 e. The zero-order valence-electron chi connectivity index (χ0n) is 10.4. The molecule has 2 saturated carbocycles. The summed E-state index contributed by atoms with van der Waals surface area (Å²) < 4.78 is 2.15. The highest BCUT2D eigenvalue weighted by molar-refractivity contribution is 6.33. The lowest BCUT2D eigenvalue weighted by molar-refractivity contribution is 0.158. The summed E-state index contributed by atoms with van der Waals surface area (Å²) in [6.07, 6.45) is 6.78. The van der Waals surface area contributed by atoms with Crippen LogP contribution in [0.4, 0.5) is 0 Å². The number of imidazole rings is 1. The van der Waals surface area contributed by atoms with E-state index in [9.17, 15) is 5.11 Å². The number of halogens is 1. The first-order chi connectivity index (χ1) is 9.28. The highest BCUT2D eigenvalue weighted by Crippen LogP contribution is 2.54. The van der Waals surface area contributed by atoms with E-state index in [0.717, 1.165) is 18.5 Å². The van der Waals surface area contributed by atoms with Crippen LogP contribution in [0.5, 0.6) is 0 Å². The molecule has 0 saturated heterocycles. The lowest BCUT2D eigenvalue weighted by atomic mass is 9.86. The van der Waals surface area contributed by atoms with Crippen molar-refractivity contribution in [1.29, 1.82) is 0 Å². The van der Waals surface area contributed by atoms with Gasteiger partial charge in [0.1, 0.15) is 11.8 Å². The molecule has 2 aromatic rings. The normalized spacial score (nSPS) is 33.4. The molecular weight excluding hydrogens is 264 g/mol. The van der Waals surface area contributed by atoms with Gasteiger partial charge in [-0.15, -0.1) is 0 Å². The first-order valence-electron chi connectivity index (χ1n) is 6.72. The minimum absolute atomic E-state index is 0.326. The fraction of sp³-hybridized carbons (Fsp3) is 0.615. The number of aliphatic hydroxyl groups is 1. The summed E-state index contributed by atoms with van der Waals surface area (Å²) in [6.45, 7) is 0.326. The Kier molecular flexibility index (Phi) is 2.53. The van der Waals surface area contributed by atoms with Crippen LogP contribution < -0.4 is 0 Å². The van der Waals surface area contributed by atoms with E-state index in [4.69, 9.17) is 11.6 Å². The predicted molar refractivity (Wildman–Crippen MR) is 70.8 cm³/mol. The molecule has 0 spiro atoms. The molecule has 2 heterocycles. The monoisotopic (exact) mass is 278 g/mol. The summed E-state index contributed by atoms with van der Waals surface area (Å²) in [5, 5.41) is 9.77. The molecule has 1 N–H and O–H groups in total. The topological polar surface area (TPSA) is 63.8 Å². The lowest BCUT2D eigenvalue weighted by Crippen LogP contribution is -2.22. The number of aliphatic hydroxyl groups excluding tert-OH is 1. The van der Waals surface area contributed by atoms with Crippen molar-refractivity contribution < 1.29 is 5.11 Å². The Bertz CT molecular complexity index is 628. The van der Waals surface area contributed by atoms with E-state index in [1.807, 2.05) is 6.33 Å². The van der Waals surface area contributed by atoms with E-state index in [1.54, 1.807) is 0 Å². The average Bonchev–Trinajstić information content (AvgIpc) is 3.11. The van der Waals surface area contributed by atoms with Gasteiger partial charge in [0.2, 0.25) is 0 Å². The average molecular weight is 279 g/mol. The highest BCUT2D eigenvalue weighted by Gasteiger charge is 2.46. The van der Waals surface area contributed by atoms with Crippen LogP contribution in [0.15, 0.2) is 12.7 Å². The lowest BCUT2D eigenvalue weighted by Gasteiger charge is -2.27. The molecule has 100 valence electrons. The molecule has 0 aliphatic heterocycles. The second kappa shape index (κ2) is 4.15. The SMILES string of the molecule is OC[C@H]1C[C@H]2C[C@@H]1C[C@@H]2n1cnc2c(Cl)ncnc21. The van der Waals surface area contributed by atoms with Gasteiger partial charge < -0.3 is 9.67 Å². The van der Waals surface area contributed by atoms with E-state index < -0.39 is 0 Å². The maximum atomic E-state index is 9.36. The number of aromatic nitrogens is 4. The van der Waals surface area contributed by atoms with Crippen molar-refractivity contribution in [2.45, 2.75) is 25.3 Å². The van der Waals surface area contributed by atoms with Gasteiger partial charge in [-0.25, -0.2) is 15.0 Å². The quantitative estimate of drug-likeness (QED) is 0.854. The Hall–Kier alpha value is -1.20. The fourth-order valence-corrected chi connectivity index (χ4v) is 4.17. The van der Waals surface area contributed by atoms with Crippen molar-refractivity contribution in [1.82, 2.24) is 19.5 Å². The van der Waals surface area contributed by atoms with E-state index in [0.29, 0.717) is 41.1 Å². The minimum Gasteiger partial charge on any atom is -0.396 e.